The van der Waals surface area contributed by atoms with Crippen LogP contribution in [0.3, 0.4) is 0 Å². The lowest BCUT2D eigenvalue weighted by atomic mass is 10.1. The fourth-order valence-corrected chi connectivity index (χ4v) is 2.70. The van der Waals surface area contributed by atoms with Gasteiger partial charge in [-0.15, -0.1) is 0 Å². The first kappa shape index (κ1) is 20.9. The maximum atomic E-state index is 11.9. The summed E-state index contributed by atoms with van der Waals surface area (Å²) in [5.41, 5.74) is 4.02. The van der Waals surface area contributed by atoms with Crippen molar-refractivity contribution >= 4 is 17.6 Å². The third kappa shape index (κ3) is 7.02. The highest BCUT2D eigenvalue weighted by Crippen LogP contribution is 2.13. The number of nitrogens with zero attached hydrogens (tertiary/aromatic N) is 2. The van der Waals surface area contributed by atoms with Gasteiger partial charge in [-0.3, -0.25) is 4.79 Å². The number of hydrogen-bond donors (Lipinski definition) is 1. The Morgan fingerprint density at radius 1 is 1.19 bits per heavy atom. The maximum Gasteiger partial charge on any atom is 0.338 e. The summed E-state index contributed by atoms with van der Waals surface area (Å²) >= 11 is 0. The highest BCUT2D eigenvalue weighted by molar-refractivity contribution is 5.89. The number of hydrogen-bond acceptors (Lipinski definition) is 6. The minimum absolute atomic E-state index is 0.130. The van der Waals surface area contributed by atoms with Crippen LogP contribution in [0.15, 0.2) is 29.4 Å². The monoisotopic (exact) mass is 375 g/mol. The fourth-order valence-electron chi connectivity index (χ4n) is 2.70. The molecular formula is C20H29N3O4. The van der Waals surface area contributed by atoms with Gasteiger partial charge in [0, 0.05) is 37.7 Å². The van der Waals surface area contributed by atoms with Crippen LogP contribution in [0.4, 0.5) is 0 Å². The summed E-state index contributed by atoms with van der Waals surface area (Å²) in [6, 6.07) is 7.06. The molecule has 0 bridgehead atoms. The Hall–Kier alpha value is -2.41. The van der Waals surface area contributed by atoms with E-state index in [0.717, 1.165) is 38.1 Å². The molecule has 1 aliphatic rings. The Kier molecular flexibility index (Phi) is 8.26. The van der Waals surface area contributed by atoms with Gasteiger partial charge in [0.1, 0.15) is 5.75 Å². The number of piperidine rings is 1. The number of carbonyl (C=O) groups excluding carboxylic acids is 2. The van der Waals surface area contributed by atoms with Crippen LogP contribution < -0.4 is 10.2 Å². The summed E-state index contributed by atoms with van der Waals surface area (Å²) in [4.78, 5) is 26.0. The van der Waals surface area contributed by atoms with E-state index in [1.807, 2.05) is 6.92 Å². The molecule has 1 heterocycles. The lowest BCUT2D eigenvalue weighted by molar-refractivity contribution is -0.123. The SMILES string of the molecule is CCCOC(=O)c1ccc(OCC(=O)NN=C2CCN(C(C)C)CC2)cc1. The van der Waals surface area contributed by atoms with E-state index in [9.17, 15) is 9.59 Å². The van der Waals surface area contributed by atoms with Gasteiger partial charge in [-0.1, -0.05) is 6.92 Å². The maximum absolute atomic E-state index is 11.9. The van der Waals surface area contributed by atoms with Gasteiger partial charge in [0.2, 0.25) is 0 Å². The number of esters is 1. The van der Waals surface area contributed by atoms with Crippen LogP contribution in [0.5, 0.6) is 5.75 Å². The fraction of sp³-hybridized carbons (Fsp3) is 0.550. The molecule has 1 aromatic rings. The summed E-state index contributed by atoms with van der Waals surface area (Å²) < 4.78 is 10.5. The molecule has 0 radical (unpaired) electrons. The van der Waals surface area contributed by atoms with Gasteiger partial charge >= 0.3 is 5.97 Å². The van der Waals surface area contributed by atoms with Gasteiger partial charge in [0.25, 0.3) is 5.91 Å². The highest BCUT2D eigenvalue weighted by atomic mass is 16.5. The van der Waals surface area contributed by atoms with E-state index < -0.39 is 0 Å². The van der Waals surface area contributed by atoms with Crippen molar-refractivity contribution in [3.8, 4) is 5.75 Å². The molecule has 0 atom stereocenters. The molecule has 0 aliphatic carbocycles. The van der Waals surface area contributed by atoms with E-state index in [1.165, 1.54) is 0 Å². The standard InChI is InChI=1S/C20H29N3O4/c1-4-13-26-20(25)16-5-7-18(8-6-16)27-14-19(24)22-21-17-9-11-23(12-10-17)15(2)3/h5-8,15H,4,9-14H2,1-3H3,(H,22,24). The zero-order chi connectivity index (χ0) is 19.6. The minimum atomic E-state index is -0.361. The molecule has 1 N–H and O–H groups in total. The molecule has 0 aromatic heterocycles. The molecule has 1 amide bonds. The quantitative estimate of drug-likeness (QED) is 0.558. The lowest BCUT2D eigenvalue weighted by Crippen LogP contribution is -2.39. The van der Waals surface area contributed by atoms with Crippen LogP contribution in [-0.2, 0) is 9.53 Å². The number of nitrogens with one attached hydrogen (secondary N) is 1. The van der Waals surface area contributed by atoms with Gasteiger partial charge in [0.05, 0.1) is 12.2 Å². The van der Waals surface area contributed by atoms with Crippen LogP contribution in [0.2, 0.25) is 0 Å². The predicted molar refractivity (Wildman–Crippen MR) is 104 cm³/mol. The summed E-state index contributed by atoms with van der Waals surface area (Å²) in [6.07, 6.45) is 2.52. The molecule has 0 saturated carbocycles. The second-order valence-electron chi connectivity index (χ2n) is 6.79. The second kappa shape index (κ2) is 10.7. The Balaban J connectivity index is 1.72. The molecule has 1 aliphatic heterocycles. The number of carbonyl (C=O) groups is 2. The van der Waals surface area contributed by atoms with Crippen molar-refractivity contribution in [3.63, 3.8) is 0 Å². The van der Waals surface area contributed by atoms with Gasteiger partial charge in [-0.2, -0.15) is 5.10 Å². The summed E-state index contributed by atoms with van der Waals surface area (Å²) in [7, 11) is 0. The van der Waals surface area contributed by atoms with Crippen molar-refractivity contribution in [2.45, 2.75) is 46.1 Å². The average molecular weight is 375 g/mol. The van der Waals surface area contributed by atoms with Crippen LogP contribution in [0.1, 0.15) is 50.4 Å². The van der Waals surface area contributed by atoms with Crippen LogP contribution in [0, 0.1) is 0 Å². The third-order valence-electron chi connectivity index (χ3n) is 4.34. The van der Waals surface area contributed by atoms with Gasteiger partial charge < -0.3 is 14.4 Å². The average Bonchev–Trinajstić information content (AvgIpc) is 2.69. The van der Waals surface area contributed by atoms with E-state index in [2.05, 4.69) is 29.3 Å². The molecule has 148 valence electrons. The molecule has 0 spiro atoms. The van der Waals surface area contributed by atoms with Gasteiger partial charge in [0.15, 0.2) is 6.61 Å². The molecule has 7 heteroatoms. The van der Waals surface area contributed by atoms with Crippen molar-refractivity contribution in [2.24, 2.45) is 5.10 Å². The zero-order valence-corrected chi connectivity index (χ0v) is 16.4. The van der Waals surface area contributed by atoms with Crippen molar-refractivity contribution < 1.29 is 19.1 Å². The van der Waals surface area contributed by atoms with E-state index in [-0.39, 0.29) is 18.5 Å². The summed E-state index contributed by atoms with van der Waals surface area (Å²) in [5, 5.41) is 4.20. The lowest BCUT2D eigenvalue weighted by Gasteiger charge is -2.30. The zero-order valence-electron chi connectivity index (χ0n) is 16.4. The number of ether oxygens (including phenoxy) is 2. The number of rotatable bonds is 8. The smallest absolute Gasteiger partial charge is 0.338 e. The van der Waals surface area contributed by atoms with Gasteiger partial charge in [-0.05, 0) is 44.5 Å². The first-order chi connectivity index (χ1) is 13.0. The van der Waals surface area contributed by atoms with E-state index in [4.69, 9.17) is 9.47 Å². The van der Waals surface area contributed by atoms with Gasteiger partial charge in [-0.25, -0.2) is 10.2 Å². The van der Waals surface area contributed by atoms with Crippen molar-refractivity contribution in [1.82, 2.24) is 10.3 Å². The third-order valence-corrected chi connectivity index (χ3v) is 4.34. The summed E-state index contributed by atoms with van der Waals surface area (Å²) in [5.74, 6) is -0.157. The number of benzene rings is 1. The molecular weight excluding hydrogens is 346 g/mol. The van der Waals surface area contributed by atoms with E-state index in [0.29, 0.717) is 24.0 Å². The number of likely N-dealkylation sites (tertiary alicyclic amines) is 1. The van der Waals surface area contributed by atoms with Crippen LogP contribution in [0.25, 0.3) is 0 Å². The van der Waals surface area contributed by atoms with Crippen LogP contribution >= 0.6 is 0 Å². The minimum Gasteiger partial charge on any atom is -0.484 e. The molecule has 2 rings (SSSR count). The topological polar surface area (TPSA) is 80.2 Å². The molecule has 1 aromatic carbocycles. The Morgan fingerprint density at radius 3 is 2.44 bits per heavy atom. The van der Waals surface area contributed by atoms with Crippen molar-refractivity contribution in [2.75, 3.05) is 26.3 Å². The largest absolute Gasteiger partial charge is 0.484 e. The molecule has 1 fully saturated rings. The normalized spacial score (nSPS) is 14.7. The number of amides is 1. The first-order valence-electron chi connectivity index (χ1n) is 9.48. The Bertz CT molecular complexity index is 646. The van der Waals surface area contributed by atoms with Crippen molar-refractivity contribution in [3.05, 3.63) is 29.8 Å². The Morgan fingerprint density at radius 2 is 1.85 bits per heavy atom. The van der Waals surface area contributed by atoms with Crippen molar-refractivity contribution in [1.29, 1.82) is 0 Å². The van der Waals surface area contributed by atoms with E-state index >= 15 is 0 Å². The molecule has 1 saturated heterocycles. The molecule has 27 heavy (non-hydrogen) atoms. The first-order valence-corrected chi connectivity index (χ1v) is 9.48. The number of hydrazone groups is 1. The summed E-state index contributed by atoms with van der Waals surface area (Å²) in [6.45, 7) is 8.51. The predicted octanol–water partition coefficient (Wildman–Crippen LogP) is 2.61. The van der Waals surface area contributed by atoms with E-state index in [1.54, 1.807) is 24.3 Å². The highest BCUT2D eigenvalue weighted by Gasteiger charge is 2.17. The van der Waals surface area contributed by atoms with Crippen LogP contribution in [-0.4, -0.2) is 54.8 Å². The molecule has 0 unspecified atom stereocenters. The second-order valence-corrected chi connectivity index (χ2v) is 6.79. The Labute approximate surface area is 160 Å². The molecule has 7 nitrogen and oxygen atoms in total.